The van der Waals surface area contributed by atoms with Gasteiger partial charge in [0.05, 0.1) is 19.1 Å². The number of nitrogens with zero attached hydrogens (tertiary/aromatic N) is 1. The second-order valence-corrected chi connectivity index (χ2v) is 6.87. The van der Waals surface area contributed by atoms with E-state index in [0.29, 0.717) is 12.0 Å². The Balaban J connectivity index is 3.00. The number of hydrogen-bond acceptors (Lipinski definition) is 7. The number of hydrogen-bond donors (Lipinski definition) is 2. The first-order valence-electron chi connectivity index (χ1n) is 6.86. The number of benzene rings is 1. The lowest BCUT2D eigenvalue weighted by atomic mass is 10.0. The van der Waals surface area contributed by atoms with Crippen LogP contribution in [0.25, 0.3) is 0 Å². The van der Waals surface area contributed by atoms with Crippen LogP contribution in [0.15, 0.2) is 29.4 Å². The van der Waals surface area contributed by atoms with Crippen LogP contribution in [0.1, 0.15) is 30.4 Å². The van der Waals surface area contributed by atoms with Crippen molar-refractivity contribution in [2.75, 3.05) is 13.3 Å². The Morgan fingerprint density at radius 3 is 2.46 bits per heavy atom. The van der Waals surface area contributed by atoms with Crippen molar-refractivity contribution < 1.29 is 35.1 Å². The molecule has 1 aromatic carbocycles. The average Bonchev–Trinajstić information content (AvgIpc) is 2.56. The van der Waals surface area contributed by atoms with Crippen LogP contribution >= 0.6 is 0 Å². The topological polar surface area (TPSA) is 122 Å². The lowest BCUT2D eigenvalue weighted by Crippen LogP contribution is -2.26. The molecule has 11 heteroatoms. The van der Waals surface area contributed by atoms with Crippen molar-refractivity contribution in [2.24, 2.45) is 5.16 Å². The number of oxime groups is 1. The fourth-order valence-electron chi connectivity index (χ4n) is 1.81. The van der Waals surface area contributed by atoms with Crippen LogP contribution in [0, 0.1) is 0 Å². The van der Waals surface area contributed by atoms with Crippen molar-refractivity contribution in [3.8, 4) is 0 Å². The maximum atomic E-state index is 13.4. The number of rotatable bonds is 9. The molecule has 0 aromatic heterocycles. The van der Waals surface area contributed by atoms with Gasteiger partial charge in [0, 0.05) is 0 Å². The third-order valence-corrected chi connectivity index (χ3v) is 4.63. The van der Waals surface area contributed by atoms with Gasteiger partial charge in [-0.1, -0.05) is 36.3 Å². The van der Waals surface area contributed by atoms with Gasteiger partial charge in [-0.25, -0.2) is 4.39 Å². The van der Waals surface area contributed by atoms with Gasteiger partial charge in [-0.2, -0.15) is 12.6 Å². The van der Waals surface area contributed by atoms with E-state index in [1.54, 1.807) is 6.92 Å². The number of alkyl halides is 1. The van der Waals surface area contributed by atoms with Crippen molar-refractivity contribution in [2.45, 2.75) is 25.9 Å². The Labute approximate surface area is 141 Å². The van der Waals surface area contributed by atoms with Crippen LogP contribution in [0.4, 0.5) is 4.39 Å². The molecule has 0 amide bonds. The standard InChI is InChI=1S/C13H18FNO7S2/c1-2-7-22-24(19,20)13(15-16)12(8-14)11-5-3-10(4-6-11)9-21-23(17)18/h3-6,12,16H,2,7-9H2,1H3,(H,17,18). The molecule has 136 valence electrons. The molecule has 1 aromatic rings. The third-order valence-electron chi connectivity index (χ3n) is 2.96. The highest BCUT2D eigenvalue weighted by Gasteiger charge is 2.31. The molecule has 0 spiro atoms. The summed E-state index contributed by atoms with van der Waals surface area (Å²) in [7, 11) is -4.36. The van der Waals surface area contributed by atoms with Crippen molar-refractivity contribution >= 4 is 26.5 Å². The van der Waals surface area contributed by atoms with Crippen LogP contribution in [0.5, 0.6) is 0 Å². The van der Waals surface area contributed by atoms with E-state index in [0.717, 1.165) is 0 Å². The van der Waals surface area contributed by atoms with Gasteiger partial charge >= 0.3 is 21.5 Å². The van der Waals surface area contributed by atoms with Crippen LogP contribution in [-0.4, -0.2) is 40.7 Å². The minimum atomic E-state index is -4.36. The van der Waals surface area contributed by atoms with Gasteiger partial charge in [-0.3, -0.25) is 12.9 Å². The van der Waals surface area contributed by atoms with E-state index < -0.39 is 39.1 Å². The van der Waals surface area contributed by atoms with Crippen LogP contribution < -0.4 is 0 Å². The fraction of sp³-hybridized carbons (Fsp3) is 0.462. The predicted octanol–water partition coefficient (Wildman–Crippen LogP) is 1.94. The van der Waals surface area contributed by atoms with E-state index in [9.17, 15) is 17.0 Å². The molecule has 0 aliphatic carbocycles. The van der Waals surface area contributed by atoms with Gasteiger partial charge in [0.25, 0.3) is 0 Å². The van der Waals surface area contributed by atoms with Crippen LogP contribution in [0.2, 0.25) is 0 Å². The van der Waals surface area contributed by atoms with Crippen molar-refractivity contribution in [1.29, 1.82) is 0 Å². The van der Waals surface area contributed by atoms with E-state index in [1.807, 2.05) is 0 Å². The van der Waals surface area contributed by atoms with Crippen molar-refractivity contribution in [3.05, 3.63) is 35.4 Å². The molecule has 2 N–H and O–H groups in total. The summed E-state index contributed by atoms with van der Waals surface area (Å²) in [4.78, 5) is 0. The molecule has 0 heterocycles. The molecule has 0 saturated heterocycles. The molecule has 0 radical (unpaired) electrons. The quantitative estimate of drug-likeness (QED) is 0.167. The Morgan fingerprint density at radius 1 is 1.38 bits per heavy atom. The Hall–Kier alpha value is -1.40. The summed E-state index contributed by atoms with van der Waals surface area (Å²) in [6.07, 6.45) is 0.416. The molecule has 0 fully saturated rings. The molecule has 24 heavy (non-hydrogen) atoms. The molecular formula is C13H18FNO7S2. The molecule has 2 atom stereocenters. The fourth-order valence-corrected chi connectivity index (χ4v) is 3.20. The van der Waals surface area contributed by atoms with Gasteiger partial charge < -0.3 is 5.21 Å². The monoisotopic (exact) mass is 383 g/mol. The highest BCUT2D eigenvalue weighted by atomic mass is 32.2. The summed E-state index contributed by atoms with van der Waals surface area (Å²) in [5.74, 6) is -1.33. The normalized spacial score (nSPS) is 15.2. The van der Waals surface area contributed by atoms with Crippen molar-refractivity contribution in [1.82, 2.24) is 0 Å². The van der Waals surface area contributed by atoms with Gasteiger partial charge in [0.15, 0.2) is 0 Å². The Kier molecular flexibility index (Phi) is 8.42. The van der Waals surface area contributed by atoms with E-state index in [2.05, 4.69) is 13.5 Å². The zero-order valence-corrected chi connectivity index (χ0v) is 14.4. The maximum Gasteiger partial charge on any atom is 0.314 e. The lowest BCUT2D eigenvalue weighted by Gasteiger charge is -2.15. The Bertz CT molecular complexity index is 676. The number of halogens is 1. The first-order valence-corrected chi connectivity index (χ1v) is 9.30. The van der Waals surface area contributed by atoms with Gasteiger partial charge in [0.2, 0.25) is 5.04 Å². The predicted molar refractivity (Wildman–Crippen MR) is 85.1 cm³/mol. The van der Waals surface area contributed by atoms with E-state index in [-0.39, 0.29) is 18.8 Å². The van der Waals surface area contributed by atoms with Gasteiger partial charge in [-0.05, 0) is 17.5 Å². The molecule has 0 bridgehead atoms. The summed E-state index contributed by atoms with van der Waals surface area (Å²) in [6.45, 7) is 0.306. The van der Waals surface area contributed by atoms with Crippen LogP contribution in [-0.2, 0) is 36.5 Å². The van der Waals surface area contributed by atoms with Gasteiger partial charge in [0.1, 0.15) is 6.67 Å². The minimum Gasteiger partial charge on any atom is -0.410 e. The summed E-state index contributed by atoms with van der Waals surface area (Å²) in [5.41, 5.74) is 0.758. The van der Waals surface area contributed by atoms with Crippen LogP contribution in [0.3, 0.4) is 0 Å². The first-order chi connectivity index (χ1) is 11.4. The molecule has 0 saturated carbocycles. The van der Waals surface area contributed by atoms with Gasteiger partial charge in [-0.15, -0.1) is 0 Å². The molecule has 2 unspecified atom stereocenters. The van der Waals surface area contributed by atoms with E-state index in [4.69, 9.17) is 9.76 Å². The highest BCUT2D eigenvalue weighted by molar-refractivity contribution is 8.02. The minimum absolute atomic E-state index is 0.116. The smallest absolute Gasteiger partial charge is 0.314 e. The largest absolute Gasteiger partial charge is 0.410 e. The summed E-state index contributed by atoms with van der Waals surface area (Å²) in [6, 6.07) is 5.76. The second-order valence-electron chi connectivity index (χ2n) is 4.64. The molecular weight excluding hydrogens is 365 g/mol. The molecule has 0 aliphatic rings. The highest BCUT2D eigenvalue weighted by Crippen LogP contribution is 2.23. The first kappa shape index (κ1) is 20.6. The summed E-state index contributed by atoms with van der Waals surface area (Å²) >= 11 is -2.41. The summed E-state index contributed by atoms with van der Waals surface area (Å²) < 4.78 is 65.5. The molecule has 8 nitrogen and oxygen atoms in total. The average molecular weight is 383 g/mol. The SMILES string of the molecule is CCCOS(=O)(=O)C(=NO)C(CF)c1ccc(COS(=O)O)cc1. The van der Waals surface area contributed by atoms with E-state index in [1.165, 1.54) is 24.3 Å². The second kappa shape index (κ2) is 9.79. The molecule has 0 aliphatic heterocycles. The Morgan fingerprint density at radius 2 is 2.00 bits per heavy atom. The van der Waals surface area contributed by atoms with Crippen molar-refractivity contribution in [3.63, 3.8) is 0 Å². The zero-order chi connectivity index (χ0) is 18.2. The summed E-state index contributed by atoms with van der Waals surface area (Å²) in [5, 5.41) is 10.9. The third kappa shape index (κ3) is 5.91. The maximum absolute atomic E-state index is 13.4. The molecule has 1 rings (SSSR count). The zero-order valence-electron chi connectivity index (χ0n) is 12.8. The lowest BCUT2D eigenvalue weighted by molar-refractivity contribution is 0.297. The van der Waals surface area contributed by atoms with E-state index >= 15 is 0 Å².